The van der Waals surface area contributed by atoms with Gasteiger partial charge in [-0.3, -0.25) is 0 Å². The summed E-state index contributed by atoms with van der Waals surface area (Å²) >= 11 is 0. The van der Waals surface area contributed by atoms with Crippen LogP contribution in [-0.4, -0.2) is 19.1 Å². The molecule has 0 amide bonds. The van der Waals surface area contributed by atoms with E-state index in [1.807, 2.05) is 0 Å². The number of benzene rings is 1. The maximum absolute atomic E-state index is 5.60. The van der Waals surface area contributed by atoms with Gasteiger partial charge in [-0.15, -0.1) is 0 Å². The maximum atomic E-state index is 5.60. The highest BCUT2D eigenvalue weighted by Gasteiger charge is 2.18. The van der Waals surface area contributed by atoms with Crippen molar-refractivity contribution in [3.8, 4) is 0 Å². The van der Waals surface area contributed by atoms with E-state index in [1.54, 1.807) is 11.1 Å². The van der Waals surface area contributed by atoms with Crippen molar-refractivity contribution in [2.75, 3.05) is 13.1 Å². The number of nitrogens with one attached hydrogen (secondary N) is 1. The van der Waals surface area contributed by atoms with Crippen molar-refractivity contribution in [1.29, 1.82) is 0 Å². The summed E-state index contributed by atoms with van der Waals surface area (Å²) < 4.78 is 0. The van der Waals surface area contributed by atoms with Crippen molar-refractivity contribution in [1.82, 2.24) is 5.32 Å². The Hall–Kier alpha value is -0.860. The van der Waals surface area contributed by atoms with Crippen molar-refractivity contribution in [3.63, 3.8) is 0 Å². The molecule has 1 aromatic carbocycles. The largest absolute Gasteiger partial charge is 0.329 e. The molecule has 0 spiro atoms. The van der Waals surface area contributed by atoms with E-state index >= 15 is 0 Å². The second kappa shape index (κ2) is 5.46. The molecule has 2 rings (SSSR count). The van der Waals surface area contributed by atoms with E-state index in [4.69, 9.17) is 5.73 Å². The lowest BCUT2D eigenvalue weighted by atomic mass is 9.84. The molecule has 0 saturated carbocycles. The van der Waals surface area contributed by atoms with Crippen LogP contribution in [0.3, 0.4) is 0 Å². The smallest absolute Gasteiger partial charge is 0.0162 e. The van der Waals surface area contributed by atoms with Crippen LogP contribution in [-0.2, 0) is 12.8 Å². The van der Waals surface area contributed by atoms with Crippen molar-refractivity contribution in [3.05, 3.63) is 35.4 Å². The minimum atomic E-state index is 0.442. The predicted molar refractivity (Wildman–Crippen MR) is 68.5 cm³/mol. The third-order valence-electron chi connectivity index (χ3n) is 3.56. The molecule has 3 N–H and O–H groups in total. The molecule has 0 fully saturated rings. The summed E-state index contributed by atoms with van der Waals surface area (Å²) in [6.07, 6.45) is 3.77. The first kappa shape index (κ1) is 11.6. The van der Waals surface area contributed by atoms with E-state index in [0.717, 1.165) is 19.0 Å². The minimum Gasteiger partial charge on any atom is -0.329 e. The van der Waals surface area contributed by atoms with Gasteiger partial charge in [-0.25, -0.2) is 0 Å². The van der Waals surface area contributed by atoms with Gasteiger partial charge in [-0.05, 0) is 49.8 Å². The SMILES string of the molecule is C[C@H](CN)NCC1CCc2ccccc2C1. The van der Waals surface area contributed by atoms with Crippen molar-refractivity contribution < 1.29 is 0 Å². The lowest BCUT2D eigenvalue weighted by molar-refractivity contribution is 0.401. The molecule has 0 heterocycles. The van der Waals surface area contributed by atoms with Crippen LogP contribution in [0.1, 0.15) is 24.5 Å². The van der Waals surface area contributed by atoms with E-state index in [0.29, 0.717) is 6.04 Å². The number of hydrogen-bond acceptors (Lipinski definition) is 2. The predicted octanol–water partition coefficient (Wildman–Crippen LogP) is 1.73. The van der Waals surface area contributed by atoms with Crippen LogP contribution in [0, 0.1) is 5.92 Å². The Morgan fingerprint density at radius 1 is 1.38 bits per heavy atom. The zero-order chi connectivity index (χ0) is 11.4. The second-order valence-corrected chi connectivity index (χ2v) is 4.92. The number of nitrogens with two attached hydrogens (primary N) is 1. The van der Waals surface area contributed by atoms with Gasteiger partial charge in [-0.1, -0.05) is 24.3 Å². The fourth-order valence-electron chi connectivity index (χ4n) is 2.40. The third-order valence-corrected chi connectivity index (χ3v) is 3.56. The number of hydrogen-bond donors (Lipinski definition) is 2. The van der Waals surface area contributed by atoms with Gasteiger partial charge >= 0.3 is 0 Å². The molecule has 0 radical (unpaired) electrons. The molecule has 0 aromatic heterocycles. The molecule has 16 heavy (non-hydrogen) atoms. The summed E-state index contributed by atoms with van der Waals surface area (Å²) in [4.78, 5) is 0. The second-order valence-electron chi connectivity index (χ2n) is 4.92. The van der Waals surface area contributed by atoms with Crippen LogP contribution >= 0.6 is 0 Å². The van der Waals surface area contributed by atoms with Crippen LogP contribution in [0.2, 0.25) is 0 Å². The highest BCUT2D eigenvalue weighted by atomic mass is 14.9. The lowest BCUT2D eigenvalue weighted by Crippen LogP contribution is -2.37. The van der Waals surface area contributed by atoms with Gasteiger partial charge in [0.05, 0.1) is 0 Å². The van der Waals surface area contributed by atoms with Gasteiger partial charge in [-0.2, -0.15) is 0 Å². The van der Waals surface area contributed by atoms with E-state index in [2.05, 4.69) is 36.5 Å². The molecule has 1 unspecified atom stereocenters. The first-order valence-electron chi connectivity index (χ1n) is 6.30. The first-order chi connectivity index (χ1) is 7.79. The summed E-state index contributed by atoms with van der Waals surface area (Å²) in [6.45, 7) is 3.98. The van der Waals surface area contributed by atoms with Crippen LogP contribution < -0.4 is 11.1 Å². The summed E-state index contributed by atoms with van der Waals surface area (Å²) in [5, 5.41) is 3.51. The molecule has 1 aliphatic rings. The highest BCUT2D eigenvalue weighted by Crippen LogP contribution is 2.24. The average Bonchev–Trinajstić information content (AvgIpc) is 2.35. The molecule has 0 saturated heterocycles. The Morgan fingerprint density at radius 2 is 2.12 bits per heavy atom. The van der Waals surface area contributed by atoms with Crippen LogP contribution in [0.25, 0.3) is 0 Å². The zero-order valence-corrected chi connectivity index (χ0v) is 10.1. The van der Waals surface area contributed by atoms with E-state index in [9.17, 15) is 0 Å². The molecule has 1 aliphatic carbocycles. The first-order valence-corrected chi connectivity index (χ1v) is 6.30. The van der Waals surface area contributed by atoms with Gasteiger partial charge < -0.3 is 11.1 Å². The summed E-state index contributed by atoms with van der Waals surface area (Å²) in [7, 11) is 0. The van der Waals surface area contributed by atoms with E-state index < -0.39 is 0 Å². The van der Waals surface area contributed by atoms with Gasteiger partial charge in [0.15, 0.2) is 0 Å². The number of rotatable bonds is 4. The Morgan fingerprint density at radius 3 is 2.88 bits per heavy atom. The summed E-state index contributed by atoms with van der Waals surface area (Å²) in [5.74, 6) is 0.781. The molecule has 0 bridgehead atoms. The Bertz CT molecular complexity index is 335. The topological polar surface area (TPSA) is 38.0 Å². The van der Waals surface area contributed by atoms with E-state index in [1.165, 1.54) is 19.3 Å². The van der Waals surface area contributed by atoms with Crippen LogP contribution in [0.4, 0.5) is 0 Å². The van der Waals surface area contributed by atoms with Crippen molar-refractivity contribution in [2.24, 2.45) is 11.7 Å². The van der Waals surface area contributed by atoms with Gasteiger partial charge in [0.1, 0.15) is 0 Å². The summed E-state index contributed by atoms with van der Waals surface area (Å²) in [6, 6.07) is 9.28. The van der Waals surface area contributed by atoms with Crippen LogP contribution in [0.15, 0.2) is 24.3 Å². The van der Waals surface area contributed by atoms with Gasteiger partial charge in [0.2, 0.25) is 0 Å². The lowest BCUT2D eigenvalue weighted by Gasteiger charge is -2.26. The van der Waals surface area contributed by atoms with Gasteiger partial charge in [0, 0.05) is 12.6 Å². The highest BCUT2D eigenvalue weighted by molar-refractivity contribution is 5.29. The Balaban J connectivity index is 1.88. The molecular formula is C14H22N2. The van der Waals surface area contributed by atoms with Crippen LogP contribution in [0.5, 0.6) is 0 Å². The van der Waals surface area contributed by atoms with Crippen molar-refractivity contribution in [2.45, 2.75) is 32.2 Å². The maximum Gasteiger partial charge on any atom is 0.0162 e. The molecule has 2 heteroatoms. The molecule has 0 aliphatic heterocycles. The molecule has 88 valence electrons. The molecule has 2 nitrogen and oxygen atoms in total. The molecule has 1 aromatic rings. The Kier molecular flexibility index (Phi) is 3.97. The summed E-state index contributed by atoms with van der Waals surface area (Å²) in [5.41, 5.74) is 8.69. The Labute approximate surface area is 98.2 Å². The molecule has 2 atom stereocenters. The average molecular weight is 218 g/mol. The fraction of sp³-hybridized carbons (Fsp3) is 0.571. The normalized spacial score (nSPS) is 21.5. The minimum absolute atomic E-state index is 0.442. The zero-order valence-electron chi connectivity index (χ0n) is 10.1. The fourth-order valence-corrected chi connectivity index (χ4v) is 2.40. The van der Waals surface area contributed by atoms with E-state index in [-0.39, 0.29) is 0 Å². The number of aryl methyl sites for hydroxylation is 1. The third kappa shape index (κ3) is 2.83. The quantitative estimate of drug-likeness (QED) is 0.807. The standard InChI is InChI=1S/C14H22N2/c1-11(9-15)16-10-12-6-7-13-4-2-3-5-14(13)8-12/h2-5,11-12,16H,6-10,15H2,1H3/t11-,12?/m1/s1. The van der Waals surface area contributed by atoms with Gasteiger partial charge in [0.25, 0.3) is 0 Å². The van der Waals surface area contributed by atoms with Crippen molar-refractivity contribution >= 4 is 0 Å². The monoisotopic (exact) mass is 218 g/mol. The number of fused-ring (bicyclic) bond motifs is 1. The molecular weight excluding hydrogens is 196 g/mol.